The predicted molar refractivity (Wildman–Crippen MR) is 107 cm³/mol. The number of carbonyl (C=O) groups excluding carboxylic acids is 1. The van der Waals surface area contributed by atoms with Crippen LogP contribution >= 0.6 is 0 Å². The van der Waals surface area contributed by atoms with Crippen molar-refractivity contribution in [2.24, 2.45) is 0 Å². The molecule has 28 heavy (non-hydrogen) atoms. The largest absolute Gasteiger partial charge is 0.445 e. The fourth-order valence-corrected chi connectivity index (χ4v) is 3.89. The van der Waals surface area contributed by atoms with Crippen molar-refractivity contribution in [3.8, 4) is 6.07 Å². The van der Waals surface area contributed by atoms with E-state index in [0.717, 1.165) is 42.0 Å². The number of nitriles is 1. The summed E-state index contributed by atoms with van der Waals surface area (Å²) in [4.78, 5) is 16.5. The van der Waals surface area contributed by atoms with Gasteiger partial charge in [0, 0.05) is 38.4 Å². The molecule has 0 unspecified atom stereocenters. The molecule has 2 aromatic carbocycles. The molecule has 2 heterocycles. The van der Waals surface area contributed by atoms with Crippen molar-refractivity contribution >= 4 is 11.8 Å². The molecular weight excluding hydrogens is 352 g/mol. The highest BCUT2D eigenvalue weighted by molar-refractivity contribution is 5.69. The van der Waals surface area contributed by atoms with E-state index in [-0.39, 0.29) is 18.7 Å². The first-order valence-electron chi connectivity index (χ1n) is 9.66. The number of hydrogen-bond acceptors (Lipinski definition) is 5. The molecule has 2 aliphatic rings. The monoisotopic (exact) mass is 376 g/mol. The summed E-state index contributed by atoms with van der Waals surface area (Å²) in [5, 5.41) is 12.5. The molecule has 4 rings (SSSR count). The molecule has 0 aromatic heterocycles. The van der Waals surface area contributed by atoms with E-state index in [1.165, 1.54) is 0 Å². The topological polar surface area (TPSA) is 68.6 Å². The van der Waals surface area contributed by atoms with Crippen molar-refractivity contribution in [2.45, 2.75) is 32.2 Å². The molecule has 6 heteroatoms. The lowest BCUT2D eigenvalue weighted by molar-refractivity contribution is 0.0955. The van der Waals surface area contributed by atoms with Crippen molar-refractivity contribution in [1.29, 1.82) is 5.26 Å². The molecule has 1 saturated heterocycles. The Kier molecular flexibility index (Phi) is 5.45. The highest BCUT2D eigenvalue weighted by Gasteiger charge is 2.27. The van der Waals surface area contributed by atoms with Crippen LogP contribution in [-0.2, 0) is 24.4 Å². The molecule has 144 valence electrons. The van der Waals surface area contributed by atoms with Gasteiger partial charge in [0.15, 0.2) is 0 Å². The predicted octanol–water partition coefficient (Wildman–Crippen LogP) is 3.03. The summed E-state index contributed by atoms with van der Waals surface area (Å²) >= 11 is 0. The molecule has 6 nitrogen and oxygen atoms in total. The van der Waals surface area contributed by atoms with Crippen LogP contribution in [0, 0.1) is 11.3 Å². The van der Waals surface area contributed by atoms with Crippen LogP contribution < -0.4 is 10.2 Å². The number of hydrogen-bond donors (Lipinski definition) is 1. The van der Waals surface area contributed by atoms with Crippen LogP contribution in [0.1, 0.15) is 23.1 Å². The zero-order chi connectivity index (χ0) is 19.3. The van der Waals surface area contributed by atoms with E-state index < -0.39 is 0 Å². The third-order valence-corrected chi connectivity index (χ3v) is 5.38. The number of nitrogens with one attached hydrogen (secondary N) is 1. The third-order valence-electron chi connectivity index (χ3n) is 5.38. The van der Waals surface area contributed by atoms with Gasteiger partial charge in [0.2, 0.25) is 0 Å². The molecule has 2 aromatic rings. The van der Waals surface area contributed by atoms with E-state index in [9.17, 15) is 4.79 Å². The van der Waals surface area contributed by atoms with Crippen LogP contribution in [0.15, 0.2) is 48.5 Å². The normalized spacial score (nSPS) is 18.5. The number of rotatable bonds is 4. The van der Waals surface area contributed by atoms with E-state index in [1.807, 2.05) is 30.3 Å². The van der Waals surface area contributed by atoms with E-state index in [2.05, 4.69) is 34.5 Å². The Balaban J connectivity index is 1.41. The van der Waals surface area contributed by atoms with Gasteiger partial charge in [0.05, 0.1) is 18.5 Å². The summed E-state index contributed by atoms with van der Waals surface area (Å²) in [6.07, 6.45) is 0.216. The standard InChI is InChI=1S/C22H24N4O2/c23-9-8-21-13-24-10-11-26(21)20-7-6-18-14-25(15-19(18)12-20)22(27)28-16-17-4-2-1-3-5-17/h1-7,12,21,24H,8,10-11,13-16H2/t21-/m0/s1. The van der Waals surface area contributed by atoms with Crippen LogP contribution in [0.25, 0.3) is 0 Å². The minimum atomic E-state index is -0.286. The molecule has 0 aliphatic carbocycles. The quantitative estimate of drug-likeness (QED) is 0.888. The van der Waals surface area contributed by atoms with Crippen LogP contribution in [0.3, 0.4) is 0 Å². The average molecular weight is 376 g/mol. The summed E-state index contributed by atoms with van der Waals surface area (Å²) in [6, 6.07) is 18.6. The third kappa shape index (κ3) is 3.95. The number of fused-ring (bicyclic) bond motifs is 1. The fourth-order valence-electron chi connectivity index (χ4n) is 3.89. The zero-order valence-electron chi connectivity index (χ0n) is 15.8. The minimum absolute atomic E-state index is 0.185. The van der Waals surface area contributed by atoms with Gasteiger partial charge in [-0.25, -0.2) is 4.79 Å². The second-order valence-electron chi connectivity index (χ2n) is 7.26. The number of carbonyl (C=O) groups is 1. The van der Waals surface area contributed by atoms with Gasteiger partial charge < -0.3 is 15.0 Å². The maximum absolute atomic E-state index is 12.5. The Bertz CT molecular complexity index is 878. The van der Waals surface area contributed by atoms with Gasteiger partial charge in [0.1, 0.15) is 6.61 Å². The number of piperazine rings is 1. The maximum atomic E-state index is 12.5. The Morgan fingerprint density at radius 3 is 2.82 bits per heavy atom. The van der Waals surface area contributed by atoms with Crippen molar-refractivity contribution in [1.82, 2.24) is 10.2 Å². The zero-order valence-corrected chi connectivity index (χ0v) is 15.8. The van der Waals surface area contributed by atoms with Crippen LogP contribution in [0.5, 0.6) is 0 Å². The lowest BCUT2D eigenvalue weighted by Crippen LogP contribution is -2.51. The average Bonchev–Trinajstić information content (AvgIpc) is 3.17. The number of nitrogens with zero attached hydrogens (tertiary/aromatic N) is 3. The van der Waals surface area contributed by atoms with Crippen molar-refractivity contribution in [3.63, 3.8) is 0 Å². The smallest absolute Gasteiger partial charge is 0.410 e. The van der Waals surface area contributed by atoms with Crippen LogP contribution in [-0.4, -0.2) is 36.7 Å². The van der Waals surface area contributed by atoms with Crippen molar-refractivity contribution in [2.75, 3.05) is 24.5 Å². The molecule has 1 amide bonds. The highest BCUT2D eigenvalue weighted by Crippen LogP contribution is 2.29. The van der Waals surface area contributed by atoms with Gasteiger partial charge in [0.25, 0.3) is 0 Å². The molecule has 0 saturated carbocycles. The summed E-state index contributed by atoms with van der Waals surface area (Å²) in [5.74, 6) is 0. The van der Waals surface area contributed by atoms with E-state index in [4.69, 9.17) is 10.00 Å². The molecule has 0 bridgehead atoms. The second-order valence-corrected chi connectivity index (χ2v) is 7.26. The first-order chi connectivity index (χ1) is 13.7. The van der Waals surface area contributed by atoms with Crippen molar-refractivity contribution < 1.29 is 9.53 Å². The van der Waals surface area contributed by atoms with Gasteiger partial charge in [-0.15, -0.1) is 0 Å². The van der Waals surface area contributed by atoms with Gasteiger partial charge in [-0.05, 0) is 28.8 Å². The fraction of sp³-hybridized carbons (Fsp3) is 0.364. The first kappa shape index (κ1) is 18.3. The molecule has 1 atom stereocenters. The summed E-state index contributed by atoms with van der Waals surface area (Å²) in [5.41, 5.74) is 4.42. The van der Waals surface area contributed by atoms with Gasteiger partial charge in [-0.2, -0.15) is 5.26 Å². The van der Waals surface area contributed by atoms with E-state index in [0.29, 0.717) is 19.5 Å². The number of anilines is 1. The number of amides is 1. The van der Waals surface area contributed by atoms with Crippen LogP contribution in [0.2, 0.25) is 0 Å². The summed E-state index contributed by atoms with van der Waals surface area (Å²) in [7, 11) is 0. The first-order valence-corrected chi connectivity index (χ1v) is 9.66. The van der Waals surface area contributed by atoms with Crippen molar-refractivity contribution in [3.05, 3.63) is 65.2 Å². The molecule has 2 aliphatic heterocycles. The number of ether oxygens (including phenoxy) is 1. The van der Waals surface area contributed by atoms with E-state index >= 15 is 0 Å². The van der Waals surface area contributed by atoms with Gasteiger partial charge in [-0.1, -0.05) is 36.4 Å². The van der Waals surface area contributed by atoms with E-state index in [1.54, 1.807) is 4.90 Å². The molecule has 1 fully saturated rings. The Hall–Kier alpha value is -3.04. The molecular formula is C22H24N4O2. The second kappa shape index (κ2) is 8.32. The maximum Gasteiger partial charge on any atom is 0.410 e. The molecule has 1 N–H and O–H groups in total. The highest BCUT2D eigenvalue weighted by atomic mass is 16.6. The number of benzene rings is 2. The summed E-state index contributed by atoms with van der Waals surface area (Å²) in [6.45, 7) is 4.04. The lowest BCUT2D eigenvalue weighted by atomic mass is 10.1. The van der Waals surface area contributed by atoms with Crippen LogP contribution in [0.4, 0.5) is 10.5 Å². The minimum Gasteiger partial charge on any atom is -0.445 e. The Morgan fingerprint density at radius 2 is 2.00 bits per heavy atom. The Morgan fingerprint density at radius 1 is 1.18 bits per heavy atom. The summed E-state index contributed by atoms with van der Waals surface area (Å²) < 4.78 is 5.47. The van der Waals surface area contributed by atoms with Gasteiger partial charge in [-0.3, -0.25) is 4.90 Å². The molecule has 0 radical (unpaired) electrons. The van der Waals surface area contributed by atoms with Gasteiger partial charge >= 0.3 is 6.09 Å². The Labute approximate surface area is 165 Å². The SMILES string of the molecule is N#CC[C@H]1CNCCN1c1ccc2c(c1)CN(C(=O)OCc1ccccc1)C2. The lowest BCUT2D eigenvalue weighted by Gasteiger charge is -2.37. The molecule has 0 spiro atoms.